The number of hydrogen-bond donors (Lipinski definition) is 2. The summed E-state index contributed by atoms with van der Waals surface area (Å²) in [6.45, 7) is 6.18. The molecule has 0 radical (unpaired) electrons. The van der Waals surface area contributed by atoms with Crippen LogP contribution in [0.2, 0.25) is 10.0 Å². The van der Waals surface area contributed by atoms with Crippen LogP contribution in [0, 0.1) is 6.92 Å². The van der Waals surface area contributed by atoms with Gasteiger partial charge in [-0.3, -0.25) is 0 Å². The summed E-state index contributed by atoms with van der Waals surface area (Å²) in [5.74, 6) is 1.75. The van der Waals surface area contributed by atoms with E-state index in [1.165, 1.54) is 0 Å². The van der Waals surface area contributed by atoms with Gasteiger partial charge in [0.25, 0.3) is 0 Å². The van der Waals surface area contributed by atoms with Crippen molar-refractivity contribution in [3.05, 3.63) is 51.2 Å². The van der Waals surface area contributed by atoms with Crippen molar-refractivity contribution < 1.29 is 4.42 Å². The van der Waals surface area contributed by atoms with Crippen LogP contribution in [0.25, 0.3) is 0 Å². The number of benzene rings is 1. The molecule has 3 N–H and O–H groups in total. The van der Waals surface area contributed by atoms with Crippen LogP contribution in [0.3, 0.4) is 0 Å². The van der Waals surface area contributed by atoms with Crippen LogP contribution in [-0.4, -0.2) is 10.9 Å². The van der Waals surface area contributed by atoms with Gasteiger partial charge in [0.05, 0.1) is 11.7 Å². The molecule has 0 aliphatic rings. The molecule has 24 heavy (non-hydrogen) atoms. The van der Waals surface area contributed by atoms with Gasteiger partial charge in [-0.05, 0) is 31.5 Å². The number of aryl methyl sites for hydroxylation is 2. The fraction of sp³-hybridized carbons (Fsp3) is 0.375. The van der Waals surface area contributed by atoms with Crippen molar-refractivity contribution in [2.24, 2.45) is 10.7 Å². The zero-order valence-corrected chi connectivity index (χ0v) is 17.6. The summed E-state index contributed by atoms with van der Waals surface area (Å²) < 4.78 is 5.60. The number of nitrogens with zero attached hydrogens (tertiary/aromatic N) is 2. The minimum Gasteiger partial charge on any atom is -0.443 e. The van der Waals surface area contributed by atoms with Crippen molar-refractivity contribution in [1.29, 1.82) is 0 Å². The second kappa shape index (κ2) is 9.48. The standard InChI is InChI=1S/C16H20Cl2N4O.HI/c1-4-15-21-10(3)14(23-15)8-20-16(19)22-9(2)12-6-5-11(17)7-13(12)18;/h5-7,9H,4,8H2,1-3H3,(H3,19,20,22);1H. The molecule has 2 aromatic rings. The van der Waals surface area contributed by atoms with Crippen LogP contribution < -0.4 is 11.1 Å². The smallest absolute Gasteiger partial charge is 0.194 e. The van der Waals surface area contributed by atoms with E-state index in [4.69, 9.17) is 33.4 Å². The summed E-state index contributed by atoms with van der Waals surface area (Å²) in [4.78, 5) is 8.60. The lowest BCUT2D eigenvalue weighted by Crippen LogP contribution is -2.34. The Bertz CT molecular complexity index is 718. The van der Waals surface area contributed by atoms with E-state index in [9.17, 15) is 0 Å². The van der Waals surface area contributed by atoms with Crippen LogP contribution in [0.5, 0.6) is 0 Å². The van der Waals surface area contributed by atoms with Crippen molar-refractivity contribution in [1.82, 2.24) is 10.3 Å². The highest BCUT2D eigenvalue weighted by atomic mass is 127. The number of aliphatic imine (C=N–C) groups is 1. The topological polar surface area (TPSA) is 76.4 Å². The highest BCUT2D eigenvalue weighted by Gasteiger charge is 2.11. The summed E-state index contributed by atoms with van der Waals surface area (Å²) in [5.41, 5.74) is 7.68. The number of nitrogens with one attached hydrogen (secondary N) is 1. The van der Waals surface area contributed by atoms with Gasteiger partial charge < -0.3 is 15.5 Å². The van der Waals surface area contributed by atoms with E-state index in [0.29, 0.717) is 28.4 Å². The first-order valence-electron chi connectivity index (χ1n) is 7.37. The summed E-state index contributed by atoms with van der Waals surface area (Å²) in [5, 5.41) is 4.29. The lowest BCUT2D eigenvalue weighted by atomic mass is 10.1. The molecule has 8 heteroatoms. The zero-order chi connectivity index (χ0) is 17.0. The molecule has 0 bridgehead atoms. The van der Waals surface area contributed by atoms with Crippen molar-refractivity contribution in [3.63, 3.8) is 0 Å². The van der Waals surface area contributed by atoms with Crippen LogP contribution >= 0.6 is 47.2 Å². The lowest BCUT2D eigenvalue weighted by Gasteiger charge is -2.16. The van der Waals surface area contributed by atoms with Gasteiger partial charge in [0.1, 0.15) is 12.3 Å². The molecule has 132 valence electrons. The Morgan fingerprint density at radius 3 is 2.71 bits per heavy atom. The third-order valence-electron chi connectivity index (χ3n) is 3.43. The van der Waals surface area contributed by atoms with Crippen LogP contribution in [-0.2, 0) is 13.0 Å². The molecule has 1 aromatic heterocycles. The van der Waals surface area contributed by atoms with Gasteiger partial charge in [0, 0.05) is 16.5 Å². The Morgan fingerprint density at radius 1 is 1.42 bits per heavy atom. The molecule has 5 nitrogen and oxygen atoms in total. The number of rotatable bonds is 5. The lowest BCUT2D eigenvalue weighted by molar-refractivity contribution is 0.460. The largest absolute Gasteiger partial charge is 0.443 e. The fourth-order valence-electron chi connectivity index (χ4n) is 2.14. The second-order valence-corrected chi connectivity index (χ2v) is 6.05. The SMILES string of the molecule is CCc1nc(C)c(CN=C(N)NC(C)c2ccc(Cl)cc2Cl)o1.I. The predicted molar refractivity (Wildman–Crippen MR) is 109 cm³/mol. The molecule has 1 unspecified atom stereocenters. The van der Waals surface area contributed by atoms with E-state index < -0.39 is 0 Å². The summed E-state index contributed by atoms with van der Waals surface area (Å²) >= 11 is 12.1. The number of nitrogens with two attached hydrogens (primary N) is 1. The zero-order valence-electron chi connectivity index (χ0n) is 13.8. The molecule has 0 aliphatic heterocycles. The van der Waals surface area contributed by atoms with E-state index >= 15 is 0 Å². The fourth-order valence-corrected chi connectivity index (χ4v) is 2.71. The van der Waals surface area contributed by atoms with Crippen LogP contribution in [0.1, 0.15) is 42.8 Å². The minimum atomic E-state index is -0.0921. The van der Waals surface area contributed by atoms with Gasteiger partial charge in [-0.1, -0.05) is 36.2 Å². The maximum absolute atomic E-state index is 6.19. The first-order valence-corrected chi connectivity index (χ1v) is 8.12. The second-order valence-electron chi connectivity index (χ2n) is 5.20. The van der Waals surface area contributed by atoms with Gasteiger partial charge in [0.15, 0.2) is 11.9 Å². The van der Waals surface area contributed by atoms with E-state index in [1.807, 2.05) is 26.8 Å². The van der Waals surface area contributed by atoms with Crippen LogP contribution in [0.15, 0.2) is 27.6 Å². The summed E-state index contributed by atoms with van der Waals surface area (Å²) in [6.07, 6.45) is 0.754. The predicted octanol–water partition coefficient (Wildman–Crippen LogP) is 4.64. The Morgan fingerprint density at radius 2 is 2.12 bits per heavy atom. The molecular formula is C16H21Cl2IN4O. The number of guanidine groups is 1. The Balaban J connectivity index is 0.00000288. The molecule has 1 heterocycles. The number of oxazole rings is 1. The maximum Gasteiger partial charge on any atom is 0.194 e. The van der Waals surface area contributed by atoms with E-state index in [0.717, 1.165) is 23.4 Å². The van der Waals surface area contributed by atoms with Crippen molar-refractivity contribution in [2.75, 3.05) is 0 Å². The molecule has 1 atom stereocenters. The summed E-state index contributed by atoms with van der Waals surface area (Å²) in [6, 6.07) is 5.27. The number of aromatic nitrogens is 1. The van der Waals surface area contributed by atoms with Gasteiger partial charge in [-0.25, -0.2) is 9.98 Å². The monoisotopic (exact) mass is 482 g/mol. The molecule has 2 rings (SSSR count). The molecule has 0 spiro atoms. The summed E-state index contributed by atoms with van der Waals surface area (Å²) in [7, 11) is 0. The highest BCUT2D eigenvalue weighted by molar-refractivity contribution is 14.0. The molecule has 0 amide bonds. The van der Waals surface area contributed by atoms with Crippen molar-refractivity contribution >= 4 is 53.1 Å². The first-order chi connectivity index (χ1) is 10.9. The molecule has 0 fully saturated rings. The maximum atomic E-state index is 6.19. The van der Waals surface area contributed by atoms with Crippen molar-refractivity contribution in [3.8, 4) is 0 Å². The number of hydrogen-bond acceptors (Lipinski definition) is 3. The Labute approximate surface area is 169 Å². The quantitative estimate of drug-likeness (QED) is 0.370. The van der Waals surface area contributed by atoms with Gasteiger partial charge in [0.2, 0.25) is 0 Å². The third kappa shape index (κ3) is 5.53. The molecule has 1 aromatic carbocycles. The Hall–Kier alpha value is -0.990. The van der Waals surface area contributed by atoms with Gasteiger partial charge in [-0.15, -0.1) is 24.0 Å². The molecule has 0 saturated carbocycles. The Kier molecular flexibility index (Phi) is 8.32. The highest BCUT2D eigenvalue weighted by Crippen LogP contribution is 2.25. The molecule has 0 aliphatic carbocycles. The normalized spacial score (nSPS) is 12.6. The van der Waals surface area contributed by atoms with E-state index in [1.54, 1.807) is 12.1 Å². The molecule has 0 saturated heterocycles. The minimum absolute atomic E-state index is 0. The van der Waals surface area contributed by atoms with Crippen LogP contribution in [0.4, 0.5) is 0 Å². The van der Waals surface area contributed by atoms with Crippen molar-refractivity contribution in [2.45, 2.75) is 39.8 Å². The average molecular weight is 483 g/mol. The van der Waals surface area contributed by atoms with E-state index in [2.05, 4.69) is 15.3 Å². The van der Waals surface area contributed by atoms with Gasteiger partial charge in [-0.2, -0.15) is 0 Å². The number of halogens is 3. The van der Waals surface area contributed by atoms with Gasteiger partial charge >= 0.3 is 0 Å². The average Bonchev–Trinajstić information content (AvgIpc) is 2.85. The first kappa shape index (κ1) is 21.1. The van der Waals surface area contributed by atoms with E-state index in [-0.39, 0.29) is 30.0 Å². The molecular weight excluding hydrogens is 462 g/mol. The third-order valence-corrected chi connectivity index (χ3v) is 3.99.